The Kier molecular flexibility index (Phi) is 7.61. The van der Waals surface area contributed by atoms with E-state index in [1.165, 1.54) is 6.08 Å². The summed E-state index contributed by atoms with van der Waals surface area (Å²) in [4.78, 5) is 14.6. The highest BCUT2D eigenvalue weighted by Gasteiger charge is 2.11. The zero-order valence-electron chi connectivity index (χ0n) is 18.7. The van der Waals surface area contributed by atoms with Gasteiger partial charge in [0.15, 0.2) is 11.5 Å². The highest BCUT2D eigenvalue weighted by molar-refractivity contribution is 6.02. The Hall–Kier alpha value is -3.77. The summed E-state index contributed by atoms with van der Waals surface area (Å²) < 4.78 is 16.7. The van der Waals surface area contributed by atoms with Crippen molar-refractivity contribution in [3.63, 3.8) is 0 Å². The summed E-state index contributed by atoms with van der Waals surface area (Å²) >= 11 is 0. The Bertz CT molecular complexity index is 1080. The Morgan fingerprint density at radius 3 is 2.48 bits per heavy atom. The second-order valence-electron chi connectivity index (χ2n) is 7.65. The topological polar surface area (TPSA) is 60.0 Å². The second-order valence-corrected chi connectivity index (χ2v) is 7.65. The molecule has 170 valence electrons. The minimum Gasteiger partial charge on any atom is -0.493 e. The molecule has 1 heterocycles. The number of carbonyl (C=O) groups excluding carboxylic acids is 1. The number of morpholine rings is 1. The van der Waals surface area contributed by atoms with E-state index >= 15 is 0 Å². The summed E-state index contributed by atoms with van der Waals surface area (Å²) in [5, 5.41) is 2.90. The number of nitrogens with one attached hydrogen (secondary N) is 1. The molecular weight excluding hydrogens is 416 g/mol. The molecule has 1 N–H and O–H groups in total. The SMILES string of the molecule is COc1cc(C=CC(=O)Nc2ccc(N3CCOCC3)cc2)ccc1OCc1ccccc1. The van der Waals surface area contributed by atoms with Crippen LogP contribution in [0.2, 0.25) is 0 Å². The lowest BCUT2D eigenvalue weighted by Crippen LogP contribution is -2.36. The number of carbonyl (C=O) groups is 1. The molecule has 3 aromatic carbocycles. The van der Waals surface area contributed by atoms with E-state index in [1.807, 2.05) is 72.8 Å². The van der Waals surface area contributed by atoms with Crippen molar-refractivity contribution in [3.05, 3.63) is 90.0 Å². The predicted octanol–water partition coefficient (Wildman–Crippen LogP) is 4.76. The smallest absolute Gasteiger partial charge is 0.248 e. The average molecular weight is 445 g/mol. The van der Waals surface area contributed by atoms with Gasteiger partial charge in [-0.1, -0.05) is 36.4 Å². The molecule has 33 heavy (non-hydrogen) atoms. The van der Waals surface area contributed by atoms with Gasteiger partial charge in [0.25, 0.3) is 0 Å². The first kappa shape index (κ1) is 22.4. The third-order valence-corrected chi connectivity index (χ3v) is 5.36. The number of nitrogens with zero attached hydrogens (tertiary/aromatic N) is 1. The van der Waals surface area contributed by atoms with E-state index in [0.717, 1.165) is 48.8 Å². The van der Waals surface area contributed by atoms with E-state index in [2.05, 4.69) is 10.2 Å². The fourth-order valence-corrected chi connectivity index (χ4v) is 3.58. The maximum absolute atomic E-state index is 12.4. The van der Waals surface area contributed by atoms with E-state index in [9.17, 15) is 4.79 Å². The fraction of sp³-hybridized carbons (Fsp3) is 0.222. The highest BCUT2D eigenvalue weighted by atomic mass is 16.5. The molecule has 0 bridgehead atoms. The Morgan fingerprint density at radius 1 is 1.00 bits per heavy atom. The molecule has 4 rings (SSSR count). The monoisotopic (exact) mass is 444 g/mol. The van der Waals surface area contributed by atoms with Gasteiger partial charge in [0, 0.05) is 30.5 Å². The van der Waals surface area contributed by atoms with Gasteiger partial charge in [-0.25, -0.2) is 0 Å². The van der Waals surface area contributed by atoms with Crippen molar-refractivity contribution in [1.29, 1.82) is 0 Å². The van der Waals surface area contributed by atoms with Crippen LogP contribution in [0.4, 0.5) is 11.4 Å². The number of rotatable bonds is 8. The molecule has 0 unspecified atom stereocenters. The average Bonchev–Trinajstić information content (AvgIpc) is 2.88. The van der Waals surface area contributed by atoms with Crippen molar-refractivity contribution >= 4 is 23.4 Å². The summed E-state index contributed by atoms with van der Waals surface area (Å²) in [7, 11) is 1.60. The van der Waals surface area contributed by atoms with E-state index < -0.39 is 0 Å². The molecule has 3 aromatic rings. The summed E-state index contributed by atoms with van der Waals surface area (Å²) in [5.41, 5.74) is 3.81. The number of ether oxygens (including phenoxy) is 3. The maximum atomic E-state index is 12.4. The van der Waals surface area contributed by atoms with Gasteiger partial charge in [-0.15, -0.1) is 0 Å². The van der Waals surface area contributed by atoms with Crippen molar-refractivity contribution in [2.75, 3.05) is 43.6 Å². The predicted molar refractivity (Wildman–Crippen MR) is 131 cm³/mol. The number of amides is 1. The third-order valence-electron chi connectivity index (χ3n) is 5.36. The summed E-state index contributed by atoms with van der Waals surface area (Å²) in [6, 6.07) is 23.4. The van der Waals surface area contributed by atoms with Gasteiger partial charge in [-0.05, 0) is 53.6 Å². The molecule has 0 radical (unpaired) electrons. The van der Waals surface area contributed by atoms with E-state index in [4.69, 9.17) is 14.2 Å². The van der Waals surface area contributed by atoms with Crippen molar-refractivity contribution in [2.24, 2.45) is 0 Å². The van der Waals surface area contributed by atoms with Gasteiger partial charge in [0.05, 0.1) is 20.3 Å². The molecule has 0 spiro atoms. The van der Waals surface area contributed by atoms with Crippen molar-refractivity contribution in [1.82, 2.24) is 0 Å². The molecule has 0 atom stereocenters. The lowest BCUT2D eigenvalue weighted by Gasteiger charge is -2.28. The molecule has 1 saturated heterocycles. The Labute approximate surface area is 194 Å². The molecule has 6 nitrogen and oxygen atoms in total. The molecule has 1 fully saturated rings. The Balaban J connectivity index is 1.33. The summed E-state index contributed by atoms with van der Waals surface area (Å²) in [6.07, 6.45) is 3.26. The standard InChI is InChI=1S/C27H28N2O4/c1-31-26-19-21(7-13-25(26)33-20-22-5-3-2-4-6-22)8-14-27(30)28-23-9-11-24(12-10-23)29-15-17-32-18-16-29/h2-14,19H,15-18,20H2,1H3,(H,28,30). The molecule has 1 aliphatic heterocycles. The van der Waals surface area contributed by atoms with Crippen molar-refractivity contribution < 1.29 is 19.0 Å². The molecular formula is C27H28N2O4. The number of methoxy groups -OCH3 is 1. The number of benzene rings is 3. The first-order chi connectivity index (χ1) is 16.2. The molecule has 0 saturated carbocycles. The minimum atomic E-state index is -0.197. The second kappa shape index (κ2) is 11.2. The number of hydrogen-bond donors (Lipinski definition) is 1. The minimum absolute atomic E-state index is 0.197. The van der Waals surface area contributed by atoms with Gasteiger partial charge >= 0.3 is 0 Å². The third kappa shape index (κ3) is 6.37. The summed E-state index contributed by atoms with van der Waals surface area (Å²) in [5.74, 6) is 1.08. The van der Waals surface area contributed by atoms with Gasteiger partial charge in [-0.3, -0.25) is 4.79 Å². The summed E-state index contributed by atoms with van der Waals surface area (Å²) in [6.45, 7) is 3.71. The first-order valence-corrected chi connectivity index (χ1v) is 11.0. The highest BCUT2D eigenvalue weighted by Crippen LogP contribution is 2.29. The Morgan fingerprint density at radius 2 is 1.76 bits per heavy atom. The van der Waals surface area contributed by atoms with E-state index in [1.54, 1.807) is 13.2 Å². The van der Waals surface area contributed by atoms with Gasteiger partial charge < -0.3 is 24.4 Å². The van der Waals surface area contributed by atoms with Crippen LogP contribution in [0.25, 0.3) is 6.08 Å². The van der Waals surface area contributed by atoms with Crippen LogP contribution in [0.15, 0.2) is 78.9 Å². The first-order valence-electron chi connectivity index (χ1n) is 11.0. The maximum Gasteiger partial charge on any atom is 0.248 e. The van der Waals surface area contributed by atoms with Crippen LogP contribution in [0.1, 0.15) is 11.1 Å². The van der Waals surface area contributed by atoms with Gasteiger partial charge in [-0.2, -0.15) is 0 Å². The van der Waals surface area contributed by atoms with Crippen LogP contribution in [0.5, 0.6) is 11.5 Å². The number of hydrogen-bond acceptors (Lipinski definition) is 5. The van der Waals surface area contributed by atoms with Gasteiger partial charge in [0.1, 0.15) is 6.61 Å². The zero-order valence-corrected chi connectivity index (χ0v) is 18.7. The van der Waals surface area contributed by atoms with Crippen LogP contribution in [0, 0.1) is 0 Å². The van der Waals surface area contributed by atoms with Crippen LogP contribution < -0.4 is 19.7 Å². The molecule has 6 heteroatoms. The van der Waals surface area contributed by atoms with Crippen molar-refractivity contribution in [3.8, 4) is 11.5 Å². The lowest BCUT2D eigenvalue weighted by molar-refractivity contribution is -0.111. The van der Waals surface area contributed by atoms with E-state index in [-0.39, 0.29) is 5.91 Å². The van der Waals surface area contributed by atoms with Crippen molar-refractivity contribution in [2.45, 2.75) is 6.61 Å². The number of anilines is 2. The van der Waals surface area contributed by atoms with Crippen LogP contribution in [0.3, 0.4) is 0 Å². The fourth-order valence-electron chi connectivity index (χ4n) is 3.58. The lowest BCUT2D eigenvalue weighted by atomic mass is 10.2. The molecule has 1 amide bonds. The quantitative estimate of drug-likeness (QED) is 0.508. The van der Waals surface area contributed by atoms with Crippen LogP contribution in [-0.4, -0.2) is 39.3 Å². The van der Waals surface area contributed by atoms with Gasteiger partial charge in [0.2, 0.25) is 5.91 Å². The largest absolute Gasteiger partial charge is 0.493 e. The van der Waals surface area contributed by atoms with Crippen LogP contribution >= 0.6 is 0 Å². The normalized spacial score (nSPS) is 13.7. The zero-order chi connectivity index (χ0) is 22.9. The molecule has 0 aromatic heterocycles. The molecule has 0 aliphatic carbocycles. The van der Waals surface area contributed by atoms with E-state index in [0.29, 0.717) is 18.1 Å². The molecule has 1 aliphatic rings. The van der Waals surface area contributed by atoms with Crippen LogP contribution in [-0.2, 0) is 16.1 Å².